The number of amides is 1. The molecular formula is C12H12ClN3OS. The Morgan fingerprint density at radius 1 is 1.50 bits per heavy atom. The number of thiazole rings is 1. The largest absolute Gasteiger partial charge is 0.379 e. The summed E-state index contributed by atoms with van der Waals surface area (Å²) in [5, 5.41) is 8.17. The maximum absolute atomic E-state index is 11.6. The van der Waals surface area contributed by atoms with Crippen molar-refractivity contribution in [2.24, 2.45) is 0 Å². The number of hydrogen-bond acceptors (Lipinski definition) is 4. The van der Waals surface area contributed by atoms with Crippen LogP contribution in [-0.4, -0.2) is 17.9 Å². The average molecular weight is 282 g/mol. The van der Waals surface area contributed by atoms with Crippen molar-refractivity contribution in [2.45, 2.75) is 6.54 Å². The zero-order valence-electron chi connectivity index (χ0n) is 9.74. The van der Waals surface area contributed by atoms with Gasteiger partial charge in [0.2, 0.25) is 0 Å². The minimum Gasteiger partial charge on any atom is -0.379 e. The zero-order valence-corrected chi connectivity index (χ0v) is 11.3. The van der Waals surface area contributed by atoms with Crippen LogP contribution >= 0.6 is 22.9 Å². The molecule has 0 aliphatic rings. The van der Waals surface area contributed by atoms with E-state index < -0.39 is 0 Å². The molecule has 1 aromatic carbocycles. The topological polar surface area (TPSA) is 54.0 Å². The van der Waals surface area contributed by atoms with Gasteiger partial charge in [-0.2, -0.15) is 0 Å². The molecule has 0 atom stereocenters. The van der Waals surface area contributed by atoms with Gasteiger partial charge >= 0.3 is 0 Å². The maximum atomic E-state index is 11.6. The van der Waals surface area contributed by atoms with Crippen molar-refractivity contribution in [1.82, 2.24) is 10.3 Å². The van der Waals surface area contributed by atoms with Crippen LogP contribution in [0.1, 0.15) is 16.1 Å². The summed E-state index contributed by atoms with van der Waals surface area (Å²) in [5.41, 5.74) is 4.05. The molecule has 1 aromatic heterocycles. The van der Waals surface area contributed by atoms with E-state index in [1.807, 2.05) is 11.4 Å². The van der Waals surface area contributed by atoms with Gasteiger partial charge < -0.3 is 10.6 Å². The van der Waals surface area contributed by atoms with E-state index in [4.69, 9.17) is 11.6 Å². The summed E-state index contributed by atoms with van der Waals surface area (Å²) in [7, 11) is 1.58. The quantitative estimate of drug-likeness (QED) is 0.906. The fraction of sp³-hybridized carbons (Fsp3) is 0.167. The molecule has 0 unspecified atom stereocenters. The fourth-order valence-electron chi connectivity index (χ4n) is 1.46. The first-order valence-electron chi connectivity index (χ1n) is 5.33. The third-order valence-corrected chi connectivity index (χ3v) is 3.36. The Labute approximate surface area is 114 Å². The minimum absolute atomic E-state index is 0.197. The Kier molecular flexibility index (Phi) is 4.17. The zero-order chi connectivity index (χ0) is 13.0. The molecule has 6 heteroatoms. The van der Waals surface area contributed by atoms with Gasteiger partial charge in [0.25, 0.3) is 5.91 Å². The maximum Gasteiger partial charge on any atom is 0.252 e. The van der Waals surface area contributed by atoms with Gasteiger partial charge in [-0.1, -0.05) is 11.6 Å². The van der Waals surface area contributed by atoms with E-state index in [0.717, 1.165) is 11.4 Å². The number of hydrogen-bond donors (Lipinski definition) is 2. The highest BCUT2D eigenvalue weighted by Gasteiger charge is 2.09. The SMILES string of the molecule is CNC(=O)c1cc(NCc2cscn2)ccc1Cl. The number of carbonyl (C=O) groups excluding carboxylic acids is 1. The lowest BCUT2D eigenvalue weighted by molar-refractivity contribution is 0.0963. The first-order chi connectivity index (χ1) is 8.70. The molecular weight excluding hydrogens is 270 g/mol. The molecule has 0 saturated heterocycles. The van der Waals surface area contributed by atoms with Crippen molar-refractivity contribution >= 4 is 34.5 Å². The van der Waals surface area contributed by atoms with Crippen molar-refractivity contribution in [2.75, 3.05) is 12.4 Å². The monoisotopic (exact) mass is 281 g/mol. The van der Waals surface area contributed by atoms with Crippen molar-refractivity contribution in [3.63, 3.8) is 0 Å². The second-order valence-electron chi connectivity index (χ2n) is 3.61. The molecule has 2 N–H and O–H groups in total. The van der Waals surface area contributed by atoms with Gasteiger partial charge in [0.15, 0.2) is 0 Å². The molecule has 1 amide bonds. The van der Waals surface area contributed by atoms with Crippen LogP contribution in [0.2, 0.25) is 5.02 Å². The third-order valence-electron chi connectivity index (χ3n) is 2.40. The molecule has 0 saturated carbocycles. The number of nitrogens with one attached hydrogen (secondary N) is 2. The molecule has 1 heterocycles. The first-order valence-corrected chi connectivity index (χ1v) is 6.65. The van der Waals surface area contributed by atoms with Crippen molar-refractivity contribution < 1.29 is 4.79 Å². The lowest BCUT2D eigenvalue weighted by atomic mass is 10.2. The smallest absolute Gasteiger partial charge is 0.252 e. The van der Waals surface area contributed by atoms with Gasteiger partial charge in [-0.05, 0) is 18.2 Å². The minimum atomic E-state index is -0.197. The number of benzene rings is 1. The van der Waals surface area contributed by atoms with Crippen molar-refractivity contribution in [3.05, 3.63) is 45.4 Å². The molecule has 0 aliphatic carbocycles. The second-order valence-corrected chi connectivity index (χ2v) is 4.73. The number of halogens is 1. The Balaban J connectivity index is 2.12. The van der Waals surface area contributed by atoms with Gasteiger partial charge in [0.05, 0.1) is 28.3 Å². The van der Waals surface area contributed by atoms with Crippen LogP contribution in [-0.2, 0) is 6.54 Å². The van der Waals surface area contributed by atoms with Crippen LogP contribution in [0.3, 0.4) is 0 Å². The van der Waals surface area contributed by atoms with Gasteiger partial charge in [0, 0.05) is 18.1 Å². The molecule has 2 aromatic rings. The summed E-state index contributed by atoms with van der Waals surface area (Å²) in [6.07, 6.45) is 0. The number of anilines is 1. The lowest BCUT2D eigenvalue weighted by Crippen LogP contribution is -2.18. The Morgan fingerprint density at radius 2 is 2.33 bits per heavy atom. The van der Waals surface area contributed by atoms with Gasteiger partial charge in [-0.25, -0.2) is 4.98 Å². The van der Waals surface area contributed by atoms with Crippen LogP contribution in [0.4, 0.5) is 5.69 Å². The number of carbonyl (C=O) groups is 1. The predicted molar refractivity (Wildman–Crippen MR) is 74.3 cm³/mol. The van der Waals surface area contributed by atoms with E-state index in [2.05, 4.69) is 15.6 Å². The molecule has 0 bridgehead atoms. The van der Waals surface area contributed by atoms with E-state index in [1.165, 1.54) is 0 Å². The summed E-state index contributed by atoms with van der Waals surface area (Å²) in [6.45, 7) is 0.623. The van der Waals surface area contributed by atoms with E-state index in [1.54, 1.807) is 36.0 Å². The second kappa shape index (κ2) is 5.84. The molecule has 0 radical (unpaired) electrons. The number of nitrogens with zero attached hydrogens (tertiary/aromatic N) is 1. The van der Waals surface area contributed by atoms with E-state index in [-0.39, 0.29) is 5.91 Å². The summed E-state index contributed by atoms with van der Waals surface area (Å²) in [5.74, 6) is -0.197. The Hall–Kier alpha value is -1.59. The molecule has 18 heavy (non-hydrogen) atoms. The summed E-state index contributed by atoms with van der Waals surface area (Å²) in [6, 6.07) is 5.27. The summed E-state index contributed by atoms with van der Waals surface area (Å²) >= 11 is 7.52. The van der Waals surface area contributed by atoms with Gasteiger partial charge in [0.1, 0.15) is 0 Å². The van der Waals surface area contributed by atoms with Crippen molar-refractivity contribution in [3.8, 4) is 0 Å². The van der Waals surface area contributed by atoms with Gasteiger partial charge in [-0.3, -0.25) is 4.79 Å². The standard InChI is InChI=1S/C12H12ClN3OS/c1-14-12(17)10-4-8(2-3-11(10)13)15-5-9-6-18-7-16-9/h2-4,6-7,15H,5H2,1H3,(H,14,17). The molecule has 94 valence electrons. The number of aromatic nitrogens is 1. The molecule has 0 aliphatic heterocycles. The van der Waals surface area contributed by atoms with E-state index in [9.17, 15) is 4.79 Å². The van der Waals surface area contributed by atoms with E-state index >= 15 is 0 Å². The van der Waals surface area contributed by atoms with Crippen molar-refractivity contribution in [1.29, 1.82) is 0 Å². The average Bonchev–Trinajstić information content (AvgIpc) is 2.90. The summed E-state index contributed by atoms with van der Waals surface area (Å²) < 4.78 is 0. The van der Waals surface area contributed by atoms with Crippen LogP contribution in [0.5, 0.6) is 0 Å². The van der Waals surface area contributed by atoms with Crippen LogP contribution in [0, 0.1) is 0 Å². The summed E-state index contributed by atoms with van der Waals surface area (Å²) in [4.78, 5) is 15.8. The highest BCUT2D eigenvalue weighted by molar-refractivity contribution is 7.07. The number of rotatable bonds is 4. The molecule has 4 nitrogen and oxygen atoms in total. The van der Waals surface area contributed by atoms with Crippen LogP contribution in [0.15, 0.2) is 29.1 Å². The van der Waals surface area contributed by atoms with E-state index in [0.29, 0.717) is 17.1 Å². The molecule has 0 fully saturated rings. The Morgan fingerprint density at radius 3 is 3.00 bits per heavy atom. The lowest BCUT2D eigenvalue weighted by Gasteiger charge is -2.08. The fourth-order valence-corrected chi connectivity index (χ4v) is 2.22. The first kappa shape index (κ1) is 12.9. The highest BCUT2D eigenvalue weighted by atomic mass is 35.5. The van der Waals surface area contributed by atoms with Crippen LogP contribution < -0.4 is 10.6 Å². The Bertz CT molecular complexity index is 542. The highest BCUT2D eigenvalue weighted by Crippen LogP contribution is 2.21. The van der Waals surface area contributed by atoms with Crippen LogP contribution in [0.25, 0.3) is 0 Å². The predicted octanol–water partition coefficient (Wildman–Crippen LogP) is 2.77. The molecule has 0 spiro atoms. The molecule has 2 rings (SSSR count). The van der Waals surface area contributed by atoms with Gasteiger partial charge in [-0.15, -0.1) is 11.3 Å². The third kappa shape index (κ3) is 3.00. The normalized spacial score (nSPS) is 10.1.